The first-order valence-corrected chi connectivity index (χ1v) is 8.79. The van der Waals surface area contributed by atoms with Crippen LogP contribution in [0.25, 0.3) is 32.7 Å². The van der Waals surface area contributed by atoms with Crippen LogP contribution in [0.4, 0.5) is 0 Å². The Morgan fingerprint density at radius 2 is 1.29 bits per heavy atom. The molecule has 4 rings (SSSR count). The maximum absolute atomic E-state index is 2.32. The first-order chi connectivity index (χ1) is 11.8. The Hall–Kier alpha value is -2.60. The third kappa shape index (κ3) is 2.39. The highest BCUT2D eigenvalue weighted by molar-refractivity contribution is 6.02. The standard InChI is InChI=1S/C24H22/c1-3-8-22-20-11-6-4-9-18(20)15-16-23(22)24-17(2)13-14-19-10-5-7-12-21(19)24/h4-7,9-16H,3,8H2,1-2H3. The van der Waals surface area contributed by atoms with Gasteiger partial charge in [0.1, 0.15) is 0 Å². The zero-order chi connectivity index (χ0) is 16.5. The average Bonchev–Trinajstić information content (AvgIpc) is 2.63. The zero-order valence-corrected chi connectivity index (χ0v) is 14.3. The highest BCUT2D eigenvalue weighted by atomic mass is 14.2. The third-order valence-corrected chi connectivity index (χ3v) is 4.95. The van der Waals surface area contributed by atoms with Gasteiger partial charge in [0.05, 0.1) is 0 Å². The van der Waals surface area contributed by atoms with Crippen LogP contribution in [0.2, 0.25) is 0 Å². The van der Waals surface area contributed by atoms with Crippen molar-refractivity contribution in [1.29, 1.82) is 0 Å². The lowest BCUT2D eigenvalue weighted by Gasteiger charge is -2.17. The molecule has 118 valence electrons. The van der Waals surface area contributed by atoms with Gasteiger partial charge in [0.15, 0.2) is 0 Å². The summed E-state index contributed by atoms with van der Waals surface area (Å²) in [5.74, 6) is 0. The van der Waals surface area contributed by atoms with E-state index in [1.54, 1.807) is 0 Å². The first kappa shape index (κ1) is 15.0. The molecule has 0 saturated heterocycles. The summed E-state index contributed by atoms with van der Waals surface area (Å²) in [5.41, 5.74) is 5.61. The summed E-state index contributed by atoms with van der Waals surface area (Å²) in [6.07, 6.45) is 2.27. The molecular weight excluding hydrogens is 288 g/mol. The molecule has 0 heteroatoms. The topological polar surface area (TPSA) is 0 Å². The van der Waals surface area contributed by atoms with Crippen molar-refractivity contribution < 1.29 is 0 Å². The molecule has 0 fully saturated rings. The first-order valence-electron chi connectivity index (χ1n) is 8.79. The molecule has 0 aliphatic heterocycles. The fourth-order valence-electron chi connectivity index (χ4n) is 3.83. The van der Waals surface area contributed by atoms with Gasteiger partial charge in [0.25, 0.3) is 0 Å². The van der Waals surface area contributed by atoms with E-state index in [9.17, 15) is 0 Å². The van der Waals surface area contributed by atoms with Crippen LogP contribution in [0.1, 0.15) is 24.5 Å². The van der Waals surface area contributed by atoms with Crippen LogP contribution in [-0.2, 0) is 6.42 Å². The molecule has 4 aromatic rings. The molecule has 0 aliphatic carbocycles. The highest BCUT2D eigenvalue weighted by Gasteiger charge is 2.13. The Bertz CT molecular complexity index is 1020. The van der Waals surface area contributed by atoms with Gasteiger partial charge in [-0.2, -0.15) is 0 Å². The van der Waals surface area contributed by atoms with E-state index in [0.29, 0.717) is 0 Å². The summed E-state index contributed by atoms with van der Waals surface area (Å²) < 4.78 is 0. The second-order valence-corrected chi connectivity index (χ2v) is 6.54. The number of fused-ring (bicyclic) bond motifs is 2. The fraction of sp³-hybridized carbons (Fsp3) is 0.167. The van der Waals surface area contributed by atoms with E-state index in [-0.39, 0.29) is 0 Å². The third-order valence-electron chi connectivity index (χ3n) is 4.95. The Morgan fingerprint density at radius 1 is 0.667 bits per heavy atom. The highest BCUT2D eigenvalue weighted by Crippen LogP contribution is 2.37. The molecule has 0 amide bonds. The molecule has 0 heterocycles. The second-order valence-electron chi connectivity index (χ2n) is 6.54. The fourth-order valence-corrected chi connectivity index (χ4v) is 3.83. The predicted molar refractivity (Wildman–Crippen MR) is 106 cm³/mol. The van der Waals surface area contributed by atoms with Crippen LogP contribution in [0, 0.1) is 6.92 Å². The smallest absolute Gasteiger partial charge is 0.00731 e. The van der Waals surface area contributed by atoms with E-state index in [1.165, 1.54) is 43.8 Å². The molecule has 0 N–H and O–H groups in total. The van der Waals surface area contributed by atoms with Crippen LogP contribution >= 0.6 is 0 Å². The average molecular weight is 310 g/mol. The quantitative estimate of drug-likeness (QED) is 0.385. The van der Waals surface area contributed by atoms with Gasteiger partial charge in [0.2, 0.25) is 0 Å². The maximum atomic E-state index is 2.32. The largest absolute Gasteiger partial charge is 0.0651 e. The Labute approximate surface area is 143 Å². The Kier molecular flexibility index (Phi) is 3.82. The van der Waals surface area contributed by atoms with Crippen molar-refractivity contribution in [3.63, 3.8) is 0 Å². The minimum absolute atomic E-state index is 1.11. The molecule has 0 spiro atoms. The number of aryl methyl sites for hydroxylation is 2. The normalized spacial score (nSPS) is 11.2. The summed E-state index contributed by atoms with van der Waals surface area (Å²) in [5, 5.41) is 5.39. The van der Waals surface area contributed by atoms with Gasteiger partial charge in [-0.15, -0.1) is 0 Å². The van der Waals surface area contributed by atoms with Crippen molar-refractivity contribution in [2.24, 2.45) is 0 Å². The van der Waals surface area contributed by atoms with Crippen molar-refractivity contribution in [3.8, 4) is 11.1 Å². The molecule has 4 aromatic carbocycles. The van der Waals surface area contributed by atoms with Crippen molar-refractivity contribution in [1.82, 2.24) is 0 Å². The maximum Gasteiger partial charge on any atom is -0.00731 e. The molecule has 0 aliphatic rings. The minimum Gasteiger partial charge on any atom is -0.0651 e. The summed E-state index contributed by atoms with van der Waals surface area (Å²) in [4.78, 5) is 0. The lowest BCUT2D eigenvalue weighted by Crippen LogP contribution is -1.95. The summed E-state index contributed by atoms with van der Waals surface area (Å²) in [7, 11) is 0. The number of rotatable bonds is 3. The van der Waals surface area contributed by atoms with Gasteiger partial charge in [-0.05, 0) is 57.1 Å². The van der Waals surface area contributed by atoms with Crippen molar-refractivity contribution in [2.45, 2.75) is 26.7 Å². The van der Waals surface area contributed by atoms with Crippen LogP contribution < -0.4 is 0 Å². The van der Waals surface area contributed by atoms with Gasteiger partial charge in [-0.1, -0.05) is 86.1 Å². The predicted octanol–water partition coefficient (Wildman–Crippen LogP) is 6.92. The van der Waals surface area contributed by atoms with Gasteiger partial charge >= 0.3 is 0 Å². The van der Waals surface area contributed by atoms with E-state index < -0.39 is 0 Å². The van der Waals surface area contributed by atoms with Crippen LogP contribution in [0.5, 0.6) is 0 Å². The van der Waals surface area contributed by atoms with Crippen LogP contribution in [0.15, 0.2) is 72.8 Å². The number of hydrogen-bond donors (Lipinski definition) is 0. The SMILES string of the molecule is CCCc1c(-c2c(C)ccc3ccccc23)ccc2ccccc12. The molecule has 24 heavy (non-hydrogen) atoms. The van der Waals surface area contributed by atoms with Gasteiger partial charge in [0, 0.05) is 0 Å². The molecule has 0 atom stereocenters. The van der Waals surface area contributed by atoms with E-state index in [1.807, 2.05) is 0 Å². The molecule has 0 radical (unpaired) electrons. The summed E-state index contributed by atoms with van der Waals surface area (Å²) in [6, 6.07) is 26.6. The van der Waals surface area contributed by atoms with Crippen LogP contribution in [-0.4, -0.2) is 0 Å². The Morgan fingerprint density at radius 3 is 2.04 bits per heavy atom. The van der Waals surface area contributed by atoms with E-state index in [4.69, 9.17) is 0 Å². The molecule has 0 bridgehead atoms. The van der Waals surface area contributed by atoms with Crippen molar-refractivity contribution >= 4 is 21.5 Å². The molecular formula is C24H22. The van der Waals surface area contributed by atoms with E-state index >= 15 is 0 Å². The van der Waals surface area contributed by atoms with Gasteiger partial charge in [-0.3, -0.25) is 0 Å². The zero-order valence-electron chi connectivity index (χ0n) is 14.3. The molecule has 0 saturated carbocycles. The van der Waals surface area contributed by atoms with Crippen LogP contribution in [0.3, 0.4) is 0 Å². The lowest BCUT2D eigenvalue weighted by atomic mass is 9.87. The lowest BCUT2D eigenvalue weighted by molar-refractivity contribution is 0.931. The molecule has 0 unspecified atom stereocenters. The number of benzene rings is 4. The summed E-state index contributed by atoms with van der Waals surface area (Å²) in [6.45, 7) is 4.49. The monoisotopic (exact) mass is 310 g/mol. The van der Waals surface area contributed by atoms with E-state index in [0.717, 1.165) is 12.8 Å². The van der Waals surface area contributed by atoms with E-state index in [2.05, 4.69) is 86.6 Å². The molecule has 0 aromatic heterocycles. The van der Waals surface area contributed by atoms with Gasteiger partial charge < -0.3 is 0 Å². The second kappa shape index (κ2) is 6.13. The number of hydrogen-bond acceptors (Lipinski definition) is 0. The van der Waals surface area contributed by atoms with Crippen molar-refractivity contribution in [3.05, 3.63) is 83.9 Å². The van der Waals surface area contributed by atoms with Gasteiger partial charge in [-0.25, -0.2) is 0 Å². The minimum atomic E-state index is 1.11. The van der Waals surface area contributed by atoms with Crippen molar-refractivity contribution in [2.75, 3.05) is 0 Å². The summed E-state index contributed by atoms with van der Waals surface area (Å²) >= 11 is 0. The molecule has 0 nitrogen and oxygen atoms in total. The Balaban J connectivity index is 2.10.